The summed E-state index contributed by atoms with van der Waals surface area (Å²) in [6.07, 6.45) is 0. The fraction of sp³-hybridized carbons (Fsp3) is 0.611. The van der Waals surface area contributed by atoms with Gasteiger partial charge in [0.2, 0.25) is 0 Å². The van der Waals surface area contributed by atoms with Gasteiger partial charge in [-0.15, -0.1) is 24.0 Å². The van der Waals surface area contributed by atoms with Crippen molar-refractivity contribution in [3.05, 3.63) is 29.8 Å². The molecule has 0 aromatic heterocycles. The van der Waals surface area contributed by atoms with Gasteiger partial charge in [-0.3, -0.25) is 9.89 Å². The van der Waals surface area contributed by atoms with E-state index in [2.05, 4.69) is 35.2 Å². The maximum Gasteiger partial charge on any atom is 0.194 e. The van der Waals surface area contributed by atoms with Crippen molar-refractivity contribution in [3.63, 3.8) is 0 Å². The predicted octanol–water partition coefficient (Wildman–Crippen LogP) is 2.04. The van der Waals surface area contributed by atoms with Gasteiger partial charge in [0.25, 0.3) is 0 Å². The monoisotopic (exact) mass is 462 g/mol. The Kier molecular flexibility index (Phi) is 10.8. The maximum atomic E-state index is 5.44. The minimum absolute atomic E-state index is 0. The first-order valence-electron chi connectivity index (χ1n) is 8.66. The molecule has 1 aromatic carbocycles. The van der Waals surface area contributed by atoms with Crippen LogP contribution in [0.25, 0.3) is 0 Å². The van der Waals surface area contributed by atoms with Crippen LogP contribution in [-0.2, 0) is 11.3 Å². The molecule has 6 nitrogen and oxygen atoms in total. The van der Waals surface area contributed by atoms with Crippen LogP contribution in [0.3, 0.4) is 0 Å². The van der Waals surface area contributed by atoms with Crippen molar-refractivity contribution in [3.8, 4) is 5.75 Å². The van der Waals surface area contributed by atoms with Gasteiger partial charge >= 0.3 is 0 Å². The highest BCUT2D eigenvalue weighted by atomic mass is 127. The number of halogens is 1. The number of nitrogens with one attached hydrogen (secondary N) is 1. The number of aliphatic imine (C=N–C) groups is 1. The second kappa shape index (κ2) is 12.3. The van der Waals surface area contributed by atoms with Crippen LogP contribution in [0.4, 0.5) is 0 Å². The maximum absolute atomic E-state index is 5.44. The van der Waals surface area contributed by atoms with E-state index in [4.69, 9.17) is 14.5 Å². The minimum atomic E-state index is 0. The van der Waals surface area contributed by atoms with Gasteiger partial charge in [0, 0.05) is 45.3 Å². The van der Waals surface area contributed by atoms with E-state index >= 15 is 0 Å². The Labute approximate surface area is 168 Å². The van der Waals surface area contributed by atoms with E-state index in [-0.39, 0.29) is 24.0 Å². The van der Waals surface area contributed by atoms with E-state index in [0.29, 0.717) is 0 Å². The van der Waals surface area contributed by atoms with Crippen LogP contribution in [0.15, 0.2) is 29.3 Å². The number of guanidine groups is 1. The molecule has 0 unspecified atom stereocenters. The molecule has 0 amide bonds. The van der Waals surface area contributed by atoms with Gasteiger partial charge in [-0.1, -0.05) is 18.2 Å². The zero-order chi connectivity index (χ0) is 17.2. The van der Waals surface area contributed by atoms with Crippen LogP contribution < -0.4 is 10.1 Å². The fourth-order valence-electron chi connectivity index (χ4n) is 2.76. The molecule has 1 aliphatic rings. The lowest BCUT2D eigenvalue weighted by molar-refractivity contribution is 0.0394. The third-order valence-electron chi connectivity index (χ3n) is 4.08. The van der Waals surface area contributed by atoms with Crippen LogP contribution in [0.5, 0.6) is 5.75 Å². The van der Waals surface area contributed by atoms with E-state index in [1.807, 2.05) is 18.2 Å². The number of benzene rings is 1. The molecule has 1 aromatic rings. The number of hydrogen-bond acceptors (Lipinski definition) is 4. The van der Waals surface area contributed by atoms with Crippen LogP contribution in [0.1, 0.15) is 12.5 Å². The first-order valence-corrected chi connectivity index (χ1v) is 8.66. The van der Waals surface area contributed by atoms with Crippen molar-refractivity contribution in [2.24, 2.45) is 4.99 Å². The molecule has 0 saturated carbocycles. The first kappa shape index (κ1) is 22.0. The number of rotatable bonds is 7. The highest BCUT2D eigenvalue weighted by Crippen LogP contribution is 2.18. The SMILES string of the molecule is CCNC(=NCCN1CCOCC1)N(C)Cc1ccccc1OC.I. The van der Waals surface area contributed by atoms with Gasteiger partial charge in [0.05, 0.1) is 26.9 Å². The Hall–Kier alpha value is -1.06. The van der Waals surface area contributed by atoms with E-state index in [9.17, 15) is 0 Å². The van der Waals surface area contributed by atoms with E-state index < -0.39 is 0 Å². The molecule has 1 saturated heterocycles. The average Bonchev–Trinajstić information content (AvgIpc) is 2.62. The molecule has 0 atom stereocenters. The number of ether oxygens (including phenoxy) is 2. The van der Waals surface area contributed by atoms with Crippen LogP contribution in [0, 0.1) is 0 Å². The Morgan fingerprint density at radius 3 is 2.72 bits per heavy atom. The Bertz CT molecular complexity index is 522. The average molecular weight is 462 g/mol. The second-order valence-electron chi connectivity index (χ2n) is 5.86. The van der Waals surface area contributed by atoms with Gasteiger partial charge < -0.3 is 19.7 Å². The molecule has 0 aliphatic carbocycles. The van der Waals surface area contributed by atoms with Gasteiger partial charge in [-0.05, 0) is 13.0 Å². The van der Waals surface area contributed by atoms with E-state index in [1.165, 1.54) is 0 Å². The molecule has 25 heavy (non-hydrogen) atoms. The molecule has 1 fully saturated rings. The van der Waals surface area contributed by atoms with Crippen molar-refractivity contribution in [2.45, 2.75) is 13.5 Å². The van der Waals surface area contributed by atoms with E-state index in [1.54, 1.807) is 7.11 Å². The summed E-state index contributed by atoms with van der Waals surface area (Å²) < 4.78 is 10.8. The molecule has 7 heteroatoms. The third-order valence-corrected chi connectivity index (χ3v) is 4.08. The van der Waals surface area contributed by atoms with Gasteiger partial charge in [0.1, 0.15) is 5.75 Å². The molecular weight excluding hydrogens is 431 g/mol. The van der Waals surface area contributed by atoms with Crippen LogP contribution >= 0.6 is 24.0 Å². The standard InChI is InChI=1S/C18H30N4O2.HI/c1-4-19-18(20-9-10-22-11-13-24-14-12-22)21(2)15-16-7-5-6-8-17(16)23-3;/h5-8H,4,9-15H2,1-3H3,(H,19,20);1H. The molecule has 1 N–H and O–H groups in total. The Morgan fingerprint density at radius 1 is 1.32 bits per heavy atom. The zero-order valence-corrected chi connectivity index (χ0v) is 17.9. The lowest BCUT2D eigenvalue weighted by Crippen LogP contribution is -2.40. The normalized spacial score (nSPS) is 15.4. The molecule has 2 rings (SSSR count). The number of nitrogens with zero attached hydrogens (tertiary/aromatic N) is 3. The summed E-state index contributed by atoms with van der Waals surface area (Å²) in [4.78, 5) is 9.31. The van der Waals surface area contributed by atoms with Gasteiger partial charge in [0.15, 0.2) is 5.96 Å². The second-order valence-corrected chi connectivity index (χ2v) is 5.86. The molecular formula is C18H31IN4O2. The van der Waals surface area contributed by atoms with Crippen molar-refractivity contribution < 1.29 is 9.47 Å². The summed E-state index contributed by atoms with van der Waals surface area (Å²) in [7, 11) is 3.77. The van der Waals surface area contributed by atoms with Crippen LogP contribution in [-0.4, -0.2) is 75.9 Å². The Balaban J connectivity index is 0.00000312. The summed E-state index contributed by atoms with van der Waals surface area (Å²) >= 11 is 0. The van der Waals surface area contributed by atoms with Crippen molar-refractivity contribution in [2.75, 3.05) is 60.1 Å². The number of methoxy groups -OCH3 is 1. The largest absolute Gasteiger partial charge is 0.496 e. The Morgan fingerprint density at radius 2 is 2.04 bits per heavy atom. The highest BCUT2D eigenvalue weighted by molar-refractivity contribution is 14.0. The first-order chi connectivity index (χ1) is 11.7. The van der Waals surface area contributed by atoms with Crippen molar-refractivity contribution in [1.82, 2.24) is 15.1 Å². The molecule has 1 heterocycles. The fourth-order valence-corrected chi connectivity index (χ4v) is 2.76. The minimum Gasteiger partial charge on any atom is -0.496 e. The van der Waals surface area contributed by atoms with Crippen LogP contribution in [0.2, 0.25) is 0 Å². The van der Waals surface area contributed by atoms with Crippen molar-refractivity contribution >= 4 is 29.9 Å². The smallest absolute Gasteiger partial charge is 0.194 e. The zero-order valence-electron chi connectivity index (χ0n) is 15.5. The molecule has 0 spiro atoms. The molecule has 1 aliphatic heterocycles. The number of para-hydroxylation sites is 1. The highest BCUT2D eigenvalue weighted by Gasteiger charge is 2.11. The lowest BCUT2D eigenvalue weighted by Gasteiger charge is -2.26. The molecule has 0 radical (unpaired) electrons. The molecule has 0 bridgehead atoms. The number of hydrogen-bond donors (Lipinski definition) is 1. The summed E-state index contributed by atoms with van der Waals surface area (Å²) in [6.45, 7) is 9.13. The lowest BCUT2D eigenvalue weighted by atomic mass is 10.2. The topological polar surface area (TPSA) is 49.3 Å². The number of morpholine rings is 1. The van der Waals surface area contributed by atoms with Crippen molar-refractivity contribution in [1.29, 1.82) is 0 Å². The predicted molar refractivity (Wildman–Crippen MR) is 113 cm³/mol. The van der Waals surface area contributed by atoms with Gasteiger partial charge in [-0.2, -0.15) is 0 Å². The third kappa shape index (κ3) is 7.37. The van der Waals surface area contributed by atoms with E-state index in [0.717, 1.165) is 69.8 Å². The summed E-state index contributed by atoms with van der Waals surface area (Å²) in [5, 5.41) is 3.37. The summed E-state index contributed by atoms with van der Waals surface area (Å²) in [6, 6.07) is 8.11. The summed E-state index contributed by atoms with van der Waals surface area (Å²) in [5.74, 6) is 1.84. The summed E-state index contributed by atoms with van der Waals surface area (Å²) in [5.41, 5.74) is 1.15. The van der Waals surface area contributed by atoms with Gasteiger partial charge in [-0.25, -0.2) is 0 Å². The quantitative estimate of drug-likeness (QED) is 0.382. The molecule has 142 valence electrons.